The fourth-order valence-corrected chi connectivity index (χ4v) is 7.01. The predicted molar refractivity (Wildman–Crippen MR) is 211 cm³/mol. The van der Waals surface area contributed by atoms with Gasteiger partial charge in [0.1, 0.15) is 12.1 Å². The zero-order chi connectivity index (χ0) is 39.4. The van der Waals surface area contributed by atoms with Crippen molar-refractivity contribution in [2.24, 2.45) is 17.1 Å². The van der Waals surface area contributed by atoms with E-state index in [0.29, 0.717) is 32.3 Å². The maximum Gasteiger partial charge on any atom is 0.246 e. The first kappa shape index (κ1) is 42.2. The minimum atomic E-state index is -0.886. The van der Waals surface area contributed by atoms with Gasteiger partial charge in [0.05, 0.1) is 34.9 Å². The summed E-state index contributed by atoms with van der Waals surface area (Å²) in [5, 5.41) is 16.4. The molecule has 54 heavy (non-hydrogen) atoms. The van der Waals surface area contributed by atoms with Gasteiger partial charge in [0, 0.05) is 44.3 Å². The average Bonchev–Trinajstić information content (AvgIpc) is 3.75. The van der Waals surface area contributed by atoms with E-state index in [2.05, 4.69) is 27.5 Å². The molecule has 1 aliphatic heterocycles. The van der Waals surface area contributed by atoms with E-state index in [4.69, 9.17) is 10.5 Å². The molecular formula is C42H55N5O6S. The van der Waals surface area contributed by atoms with Crippen molar-refractivity contribution in [1.82, 2.24) is 20.5 Å². The summed E-state index contributed by atoms with van der Waals surface area (Å²) in [5.74, 6) is 5.17. The Bertz CT molecular complexity index is 1790. The third-order valence-corrected chi connectivity index (χ3v) is 10.7. The minimum absolute atomic E-state index is 0.00538. The molecule has 4 amide bonds. The Balaban J connectivity index is 1.24. The smallest absolute Gasteiger partial charge is 0.246 e. The number of thiazole rings is 1. The molecule has 0 unspecified atom stereocenters. The molecule has 11 nitrogen and oxygen atoms in total. The molecule has 0 bridgehead atoms. The van der Waals surface area contributed by atoms with Gasteiger partial charge in [-0.15, -0.1) is 11.3 Å². The van der Waals surface area contributed by atoms with Crippen LogP contribution in [0.15, 0.2) is 54.0 Å². The first-order valence-corrected chi connectivity index (χ1v) is 19.5. The Hall–Kier alpha value is -4.57. The normalized spacial score (nSPS) is 17.2. The van der Waals surface area contributed by atoms with Gasteiger partial charge in [-0.2, -0.15) is 0 Å². The Labute approximate surface area is 323 Å². The standard InChI is InChI=1S/C42H55N5O6S/c1-27(12-21-36(43)49)29(3)53-25-32-15-13-30(14-16-32)10-8-7-9-11-37(50)46-39(42(4,5)6)41(52)47-24-34(48)22-35(47)40(51)44-23-31-17-19-33(20-18-31)38-28(2)45-26-54-38/h13-20,26-27,29,34-35,39,48H,7,9,11-12,21-25H2,1-6H3,(H2,43,49)(H,44,51)(H,46,50)/t27-,29+,34+,35-,39+/m0/s1. The number of aliphatic hydroxyl groups excluding tert-OH is 1. The van der Waals surface area contributed by atoms with Gasteiger partial charge in [-0.05, 0) is 66.8 Å². The largest absolute Gasteiger partial charge is 0.391 e. The predicted octanol–water partition coefficient (Wildman–Crippen LogP) is 5.26. The second-order valence-electron chi connectivity index (χ2n) is 15.3. The number of nitrogens with two attached hydrogens (primary N) is 1. The number of rotatable bonds is 16. The number of aryl methyl sites for hydroxylation is 1. The Morgan fingerprint density at radius 1 is 1.06 bits per heavy atom. The maximum atomic E-state index is 13.9. The molecule has 290 valence electrons. The molecule has 3 aromatic rings. The van der Waals surface area contributed by atoms with Crippen LogP contribution in [0, 0.1) is 30.1 Å². The number of nitrogens with one attached hydrogen (secondary N) is 2. The third kappa shape index (κ3) is 12.5. The Morgan fingerprint density at radius 3 is 2.37 bits per heavy atom. The first-order valence-electron chi connectivity index (χ1n) is 18.6. The summed E-state index contributed by atoms with van der Waals surface area (Å²) in [4.78, 5) is 58.2. The first-order chi connectivity index (χ1) is 25.6. The van der Waals surface area contributed by atoms with Gasteiger partial charge < -0.3 is 31.1 Å². The molecule has 1 fully saturated rings. The highest BCUT2D eigenvalue weighted by Crippen LogP contribution is 2.28. The summed E-state index contributed by atoms with van der Waals surface area (Å²) in [7, 11) is 0. The monoisotopic (exact) mass is 757 g/mol. The zero-order valence-electron chi connectivity index (χ0n) is 32.3. The second kappa shape index (κ2) is 19.7. The molecule has 1 saturated heterocycles. The molecule has 1 aromatic heterocycles. The fourth-order valence-electron chi connectivity index (χ4n) is 6.20. The SMILES string of the molecule is Cc1ncsc1-c1ccc(CNC(=O)[C@@H]2C[C@@H](O)CN2C(=O)[C@@H](NC(=O)CCCC#Cc2ccc(CO[C@H](C)[C@@H](C)CCC(N)=O)cc2)C(C)(C)C)cc1. The highest BCUT2D eigenvalue weighted by Gasteiger charge is 2.44. The number of hydrogen-bond acceptors (Lipinski definition) is 8. The van der Waals surface area contributed by atoms with E-state index in [1.807, 2.05) is 95.6 Å². The molecule has 5 N–H and O–H groups in total. The van der Waals surface area contributed by atoms with Crippen LogP contribution < -0.4 is 16.4 Å². The van der Waals surface area contributed by atoms with E-state index in [1.165, 1.54) is 4.90 Å². The van der Waals surface area contributed by atoms with Crippen LogP contribution in [0.3, 0.4) is 0 Å². The lowest BCUT2D eigenvalue weighted by atomic mass is 9.85. The fraction of sp³-hybridized carbons (Fsp3) is 0.500. The van der Waals surface area contributed by atoms with Crippen molar-refractivity contribution in [2.75, 3.05) is 6.54 Å². The van der Waals surface area contributed by atoms with Crippen LogP contribution in [0.25, 0.3) is 10.4 Å². The van der Waals surface area contributed by atoms with E-state index in [0.717, 1.165) is 32.8 Å². The number of amides is 4. The van der Waals surface area contributed by atoms with Crippen molar-refractivity contribution in [1.29, 1.82) is 0 Å². The van der Waals surface area contributed by atoms with Gasteiger partial charge in [0.2, 0.25) is 23.6 Å². The maximum absolute atomic E-state index is 13.9. The Morgan fingerprint density at radius 2 is 1.74 bits per heavy atom. The summed E-state index contributed by atoms with van der Waals surface area (Å²) in [6, 6.07) is 14.0. The molecule has 0 saturated carbocycles. The van der Waals surface area contributed by atoms with E-state index in [9.17, 15) is 24.3 Å². The van der Waals surface area contributed by atoms with Crippen molar-refractivity contribution < 1.29 is 29.0 Å². The van der Waals surface area contributed by atoms with E-state index >= 15 is 0 Å². The number of aromatic nitrogens is 1. The van der Waals surface area contributed by atoms with Gasteiger partial charge >= 0.3 is 0 Å². The highest BCUT2D eigenvalue weighted by atomic mass is 32.1. The second-order valence-corrected chi connectivity index (χ2v) is 16.1. The third-order valence-electron chi connectivity index (χ3n) is 9.76. The number of aliphatic hydroxyl groups is 1. The van der Waals surface area contributed by atoms with Crippen molar-refractivity contribution in [2.45, 2.75) is 118 Å². The quantitative estimate of drug-likeness (QED) is 0.115. The zero-order valence-corrected chi connectivity index (χ0v) is 33.1. The summed E-state index contributed by atoms with van der Waals surface area (Å²) in [6.07, 6.45) is 1.52. The topological polar surface area (TPSA) is 164 Å². The molecule has 1 aliphatic rings. The molecule has 4 rings (SSSR count). The number of carbonyl (C=O) groups is 4. The molecular weight excluding hydrogens is 703 g/mol. The van der Waals surface area contributed by atoms with Crippen LogP contribution in [0.5, 0.6) is 0 Å². The molecule has 2 heterocycles. The molecule has 0 radical (unpaired) electrons. The van der Waals surface area contributed by atoms with Crippen LogP contribution in [-0.2, 0) is 37.1 Å². The van der Waals surface area contributed by atoms with Gasteiger partial charge in [0.15, 0.2) is 0 Å². The number of likely N-dealkylation sites (tertiary alicyclic amines) is 1. The van der Waals surface area contributed by atoms with Crippen LogP contribution in [0.1, 0.15) is 95.5 Å². The number of unbranched alkanes of at least 4 members (excludes halogenated alkanes) is 1. The molecule has 0 aliphatic carbocycles. The molecule has 0 spiro atoms. The van der Waals surface area contributed by atoms with Crippen LogP contribution in [-0.4, -0.2) is 69.5 Å². The summed E-state index contributed by atoms with van der Waals surface area (Å²) in [5.41, 5.74) is 11.2. The average molecular weight is 758 g/mol. The van der Waals surface area contributed by atoms with Crippen molar-refractivity contribution in [3.05, 3.63) is 76.4 Å². The number of benzene rings is 2. The van der Waals surface area contributed by atoms with Gasteiger partial charge in [0.25, 0.3) is 0 Å². The number of primary amides is 1. The van der Waals surface area contributed by atoms with Gasteiger partial charge in [-0.1, -0.05) is 75.9 Å². The van der Waals surface area contributed by atoms with Crippen molar-refractivity contribution >= 4 is 35.0 Å². The van der Waals surface area contributed by atoms with Crippen LogP contribution >= 0.6 is 11.3 Å². The number of ether oxygens (including phenoxy) is 1. The number of nitrogens with zero attached hydrogens (tertiary/aromatic N) is 2. The van der Waals surface area contributed by atoms with E-state index < -0.39 is 29.5 Å². The highest BCUT2D eigenvalue weighted by molar-refractivity contribution is 7.13. The number of carbonyl (C=O) groups excluding carboxylic acids is 4. The van der Waals surface area contributed by atoms with Crippen molar-refractivity contribution in [3.8, 4) is 22.3 Å². The summed E-state index contributed by atoms with van der Waals surface area (Å²) < 4.78 is 5.97. The lowest BCUT2D eigenvalue weighted by molar-refractivity contribution is -0.144. The van der Waals surface area contributed by atoms with E-state index in [1.54, 1.807) is 11.3 Å². The lowest BCUT2D eigenvalue weighted by Crippen LogP contribution is -2.57. The summed E-state index contributed by atoms with van der Waals surface area (Å²) in [6.45, 7) is 12.4. The summed E-state index contributed by atoms with van der Waals surface area (Å²) >= 11 is 1.58. The number of β-amino-alcohol motifs (C(OH)–C–C–N with tert-alkyl or cyclic N) is 1. The molecule has 2 aromatic carbocycles. The van der Waals surface area contributed by atoms with Gasteiger partial charge in [-0.3, -0.25) is 19.2 Å². The van der Waals surface area contributed by atoms with Crippen molar-refractivity contribution in [3.63, 3.8) is 0 Å². The van der Waals surface area contributed by atoms with Crippen LogP contribution in [0.2, 0.25) is 0 Å². The van der Waals surface area contributed by atoms with Gasteiger partial charge in [-0.25, -0.2) is 4.98 Å². The minimum Gasteiger partial charge on any atom is -0.391 e. The number of hydrogen-bond donors (Lipinski definition) is 4. The molecule has 12 heteroatoms. The van der Waals surface area contributed by atoms with E-state index in [-0.39, 0.29) is 55.7 Å². The Kier molecular flexibility index (Phi) is 15.4. The molecule has 5 atom stereocenters. The van der Waals surface area contributed by atoms with Crippen LogP contribution in [0.4, 0.5) is 0 Å². The lowest BCUT2D eigenvalue weighted by Gasteiger charge is -2.35.